The van der Waals surface area contributed by atoms with E-state index in [9.17, 15) is 0 Å². The lowest BCUT2D eigenvalue weighted by Crippen LogP contribution is -2.16. The van der Waals surface area contributed by atoms with Gasteiger partial charge in [-0.05, 0) is 89.0 Å². The molecule has 0 unspecified atom stereocenters. The molecule has 0 amide bonds. The summed E-state index contributed by atoms with van der Waals surface area (Å²) in [5.74, 6) is 1.57. The summed E-state index contributed by atoms with van der Waals surface area (Å²) in [5.41, 5.74) is 12.6. The SMILES string of the molecule is c1ccc(-c2ccc(-c3ccc(N(c4ccccc4)c4ccc5c(c4)Oc4ccccc4N5c4ccc5c(c4)oc4ccccc45)cc3)cc2)cc1. The third-order valence-corrected chi connectivity index (χ3v) is 9.85. The Morgan fingerprint density at radius 2 is 0.923 bits per heavy atom. The van der Waals surface area contributed by atoms with Crippen LogP contribution in [-0.4, -0.2) is 0 Å². The summed E-state index contributed by atoms with van der Waals surface area (Å²) < 4.78 is 13.0. The number of rotatable bonds is 6. The Morgan fingerprint density at radius 3 is 1.69 bits per heavy atom. The fourth-order valence-corrected chi connectivity index (χ4v) is 7.33. The quantitative estimate of drug-likeness (QED) is 0.176. The van der Waals surface area contributed by atoms with Gasteiger partial charge in [0.15, 0.2) is 11.5 Å². The first-order valence-corrected chi connectivity index (χ1v) is 17.5. The summed E-state index contributed by atoms with van der Waals surface area (Å²) in [6.45, 7) is 0. The molecule has 0 aliphatic carbocycles. The zero-order valence-electron chi connectivity index (χ0n) is 28.2. The Bertz CT molecular complexity index is 2700. The molecule has 10 rings (SSSR count). The van der Waals surface area contributed by atoms with Crippen LogP contribution < -0.4 is 14.5 Å². The lowest BCUT2D eigenvalue weighted by molar-refractivity contribution is 0.477. The van der Waals surface area contributed by atoms with E-state index >= 15 is 0 Å². The van der Waals surface area contributed by atoms with Gasteiger partial charge in [-0.2, -0.15) is 0 Å². The predicted octanol–water partition coefficient (Wildman–Crippen LogP) is 14.0. The van der Waals surface area contributed by atoms with Gasteiger partial charge in [-0.3, -0.25) is 0 Å². The molecule has 0 saturated heterocycles. The molecule has 0 radical (unpaired) electrons. The van der Waals surface area contributed by atoms with Crippen molar-refractivity contribution < 1.29 is 9.15 Å². The molecule has 0 spiro atoms. The summed E-state index contributed by atoms with van der Waals surface area (Å²) in [6, 6.07) is 67.8. The molecule has 0 saturated carbocycles. The van der Waals surface area contributed by atoms with E-state index in [4.69, 9.17) is 9.15 Å². The number of fused-ring (bicyclic) bond motifs is 5. The van der Waals surface area contributed by atoms with Crippen LogP contribution >= 0.6 is 0 Å². The van der Waals surface area contributed by atoms with Gasteiger partial charge < -0.3 is 19.0 Å². The van der Waals surface area contributed by atoms with Crippen molar-refractivity contribution in [1.82, 2.24) is 0 Å². The molecule has 0 bridgehead atoms. The zero-order chi connectivity index (χ0) is 34.4. The van der Waals surface area contributed by atoms with E-state index in [0.717, 1.165) is 67.6 Å². The lowest BCUT2D eigenvalue weighted by atomic mass is 10.00. The Morgan fingerprint density at radius 1 is 0.365 bits per heavy atom. The van der Waals surface area contributed by atoms with Crippen LogP contribution in [0.3, 0.4) is 0 Å². The van der Waals surface area contributed by atoms with Crippen molar-refractivity contribution in [2.24, 2.45) is 0 Å². The van der Waals surface area contributed by atoms with Gasteiger partial charge in [0, 0.05) is 40.0 Å². The highest BCUT2D eigenvalue weighted by molar-refractivity contribution is 6.06. The number of anilines is 6. The van der Waals surface area contributed by atoms with Crippen molar-refractivity contribution >= 4 is 56.1 Å². The highest BCUT2D eigenvalue weighted by Gasteiger charge is 2.27. The molecule has 4 nitrogen and oxygen atoms in total. The van der Waals surface area contributed by atoms with Gasteiger partial charge >= 0.3 is 0 Å². The molecule has 1 aromatic heterocycles. The molecule has 4 heteroatoms. The van der Waals surface area contributed by atoms with E-state index in [0.29, 0.717) is 0 Å². The van der Waals surface area contributed by atoms with Crippen LogP contribution in [0, 0.1) is 0 Å². The van der Waals surface area contributed by atoms with Crippen LogP contribution in [0.2, 0.25) is 0 Å². The summed E-state index contributed by atoms with van der Waals surface area (Å²) in [6.07, 6.45) is 0. The largest absolute Gasteiger partial charge is 0.456 e. The summed E-state index contributed by atoms with van der Waals surface area (Å²) >= 11 is 0. The average Bonchev–Trinajstić information content (AvgIpc) is 3.59. The van der Waals surface area contributed by atoms with Crippen LogP contribution in [0.4, 0.5) is 34.1 Å². The third-order valence-electron chi connectivity index (χ3n) is 9.85. The van der Waals surface area contributed by atoms with Gasteiger partial charge in [-0.15, -0.1) is 0 Å². The maximum atomic E-state index is 6.65. The highest BCUT2D eigenvalue weighted by Crippen LogP contribution is 2.52. The second-order valence-corrected chi connectivity index (χ2v) is 13.0. The maximum absolute atomic E-state index is 6.65. The fraction of sp³-hybridized carbons (Fsp3) is 0. The molecule has 1 aliphatic rings. The van der Waals surface area contributed by atoms with Crippen LogP contribution in [0.15, 0.2) is 199 Å². The maximum Gasteiger partial charge on any atom is 0.153 e. The average molecular weight is 669 g/mol. The van der Waals surface area contributed by atoms with Gasteiger partial charge in [0.2, 0.25) is 0 Å². The number of benzene rings is 8. The summed E-state index contributed by atoms with van der Waals surface area (Å²) in [7, 11) is 0. The van der Waals surface area contributed by atoms with Gasteiger partial charge in [0.25, 0.3) is 0 Å². The second kappa shape index (κ2) is 12.4. The first-order valence-electron chi connectivity index (χ1n) is 17.5. The van der Waals surface area contributed by atoms with Crippen molar-refractivity contribution in [3.05, 3.63) is 194 Å². The van der Waals surface area contributed by atoms with E-state index in [1.54, 1.807) is 0 Å². The lowest BCUT2D eigenvalue weighted by Gasteiger charge is -2.34. The minimum atomic E-state index is 0.775. The van der Waals surface area contributed by atoms with E-state index in [-0.39, 0.29) is 0 Å². The Balaban J connectivity index is 1.03. The van der Waals surface area contributed by atoms with Gasteiger partial charge in [-0.25, -0.2) is 0 Å². The van der Waals surface area contributed by atoms with Crippen LogP contribution in [0.1, 0.15) is 0 Å². The molecular weight excluding hydrogens is 637 g/mol. The van der Waals surface area contributed by atoms with Crippen LogP contribution in [0.5, 0.6) is 11.5 Å². The van der Waals surface area contributed by atoms with Crippen LogP contribution in [-0.2, 0) is 0 Å². The normalized spacial score (nSPS) is 12.0. The molecule has 9 aromatic rings. The van der Waals surface area contributed by atoms with Crippen molar-refractivity contribution in [3.63, 3.8) is 0 Å². The van der Waals surface area contributed by atoms with Gasteiger partial charge in [0.05, 0.1) is 17.1 Å². The molecule has 246 valence electrons. The predicted molar refractivity (Wildman–Crippen MR) is 214 cm³/mol. The number of furan rings is 1. The molecule has 52 heavy (non-hydrogen) atoms. The number of nitrogens with zero attached hydrogens (tertiary/aromatic N) is 2. The van der Waals surface area contributed by atoms with E-state index in [2.05, 4.69) is 161 Å². The van der Waals surface area contributed by atoms with Gasteiger partial charge in [0.1, 0.15) is 11.2 Å². The number of hydrogen-bond acceptors (Lipinski definition) is 4. The van der Waals surface area contributed by atoms with Crippen molar-refractivity contribution in [2.45, 2.75) is 0 Å². The monoisotopic (exact) mass is 668 g/mol. The van der Waals surface area contributed by atoms with Crippen molar-refractivity contribution in [3.8, 4) is 33.8 Å². The van der Waals surface area contributed by atoms with E-state index in [1.807, 2.05) is 42.5 Å². The minimum Gasteiger partial charge on any atom is -0.456 e. The van der Waals surface area contributed by atoms with E-state index < -0.39 is 0 Å². The molecule has 8 aromatic carbocycles. The first-order chi connectivity index (χ1) is 25.8. The Kier molecular flexibility index (Phi) is 7.10. The molecule has 1 aliphatic heterocycles. The Labute approximate surface area is 302 Å². The smallest absolute Gasteiger partial charge is 0.153 e. The van der Waals surface area contributed by atoms with Crippen LogP contribution in [0.25, 0.3) is 44.2 Å². The first kappa shape index (κ1) is 29.8. The topological polar surface area (TPSA) is 28.9 Å². The second-order valence-electron chi connectivity index (χ2n) is 13.0. The Hall–Kier alpha value is -7.04. The van der Waals surface area contributed by atoms with Gasteiger partial charge in [-0.1, -0.05) is 115 Å². The number of ether oxygens (including phenoxy) is 1. The highest BCUT2D eigenvalue weighted by atomic mass is 16.5. The standard InChI is InChI=1S/C48H32N2O2/c1-3-11-33(12-4-1)34-19-21-35(22-20-34)36-23-25-38(26-24-36)49(37-13-5-2-6-14-37)39-28-30-44-48(32-39)52-46-18-10-8-16-43(46)50(44)40-27-29-42-41-15-7-9-17-45(41)51-47(42)31-40/h1-32H. The fourth-order valence-electron chi connectivity index (χ4n) is 7.33. The number of hydrogen-bond donors (Lipinski definition) is 0. The van der Waals surface area contributed by atoms with Crippen molar-refractivity contribution in [1.29, 1.82) is 0 Å². The zero-order valence-corrected chi connectivity index (χ0v) is 28.2. The molecule has 2 heterocycles. The molecule has 0 N–H and O–H groups in total. The third kappa shape index (κ3) is 5.17. The number of para-hydroxylation sites is 4. The van der Waals surface area contributed by atoms with Crippen molar-refractivity contribution in [2.75, 3.05) is 9.80 Å². The molecule has 0 fully saturated rings. The van der Waals surface area contributed by atoms with E-state index in [1.165, 1.54) is 22.3 Å². The molecular formula is C48H32N2O2. The molecule has 0 atom stereocenters. The summed E-state index contributed by atoms with van der Waals surface area (Å²) in [4.78, 5) is 4.53. The minimum absolute atomic E-state index is 0.775. The summed E-state index contributed by atoms with van der Waals surface area (Å²) in [5, 5.41) is 2.22.